The number of carbonyl (C=O) groups excluding carboxylic acids is 1. The maximum Gasteiger partial charge on any atom is 0.287 e. The van der Waals surface area contributed by atoms with Crippen LogP contribution in [0.2, 0.25) is 0 Å². The molecule has 2 fully saturated rings. The van der Waals surface area contributed by atoms with Crippen LogP contribution in [-0.2, 0) is 5.92 Å². The summed E-state index contributed by atoms with van der Waals surface area (Å²) in [5.41, 5.74) is 0.820. The number of ether oxygens (including phenoxy) is 1. The number of hydrogen-bond acceptors (Lipinski definition) is 6. The van der Waals surface area contributed by atoms with E-state index in [4.69, 9.17) is 9.26 Å². The zero-order valence-corrected chi connectivity index (χ0v) is 18.4. The molecule has 3 atom stereocenters. The number of amides is 1. The summed E-state index contributed by atoms with van der Waals surface area (Å²) < 4.78 is 38.3. The molecule has 172 valence electrons. The number of pyridine rings is 1. The molecule has 33 heavy (non-hydrogen) atoms. The van der Waals surface area contributed by atoms with Crippen molar-refractivity contribution in [1.29, 1.82) is 0 Å². The second-order valence-electron chi connectivity index (χ2n) is 8.76. The Labute approximate surface area is 189 Å². The first-order valence-electron chi connectivity index (χ1n) is 11.0. The van der Waals surface area contributed by atoms with Crippen molar-refractivity contribution in [3.63, 3.8) is 0 Å². The lowest BCUT2D eigenvalue weighted by Crippen LogP contribution is -2.37. The fourth-order valence-corrected chi connectivity index (χ4v) is 4.94. The minimum atomic E-state index is -3.03. The van der Waals surface area contributed by atoms with Gasteiger partial charge in [-0.1, -0.05) is 23.4 Å². The molecular formula is C24H24F2N4O3. The lowest BCUT2D eigenvalue weighted by molar-refractivity contribution is 0.0119. The highest BCUT2D eigenvalue weighted by atomic mass is 19.3. The molecule has 2 aromatic heterocycles. The van der Waals surface area contributed by atoms with Crippen LogP contribution < -0.4 is 4.74 Å². The molecule has 1 aromatic carbocycles. The van der Waals surface area contributed by atoms with E-state index in [0.29, 0.717) is 29.4 Å². The molecular weight excluding hydrogens is 430 g/mol. The van der Waals surface area contributed by atoms with E-state index < -0.39 is 5.92 Å². The Morgan fingerprint density at radius 3 is 2.76 bits per heavy atom. The summed E-state index contributed by atoms with van der Waals surface area (Å²) in [6.45, 7) is 2.86. The van der Waals surface area contributed by atoms with Gasteiger partial charge >= 0.3 is 0 Å². The van der Waals surface area contributed by atoms with Crippen LogP contribution in [0, 0.1) is 12.8 Å². The van der Waals surface area contributed by atoms with Crippen LogP contribution in [-0.4, -0.2) is 44.6 Å². The Morgan fingerprint density at radius 2 is 2.00 bits per heavy atom. The number of benzene rings is 1. The number of halogens is 2. The maximum absolute atomic E-state index is 13.6. The Balaban J connectivity index is 1.32. The molecule has 0 spiro atoms. The monoisotopic (exact) mass is 454 g/mol. The molecule has 3 aromatic rings. The second kappa shape index (κ2) is 8.20. The molecule has 4 heterocycles. The number of rotatable bonds is 6. The molecule has 7 nitrogen and oxygen atoms in total. The van der Waals surface area contributed by atoms with E-state index in [-0.39, 0.29) is 35.5 Å². The maximum atomic E-state index is 13.6. The molecule has 0 radical (unpaired) electrons. The van der Waals surface area contributed by atoms with Crippen molar-refractivity contribution in [3.05, 3.63) is 59.5 Å². The van der Waals surface area contributed by atoms with Gasteiger partial charge < -0.3 is 14.2 Å². The molecule has 9 heteroatoms. The van der Waals surface area contributed by atoms with E-state index >= 15 is 0 Å². The molecule has 1 amide bonds. The average molecular weight is 454 g/mol. The lowest BCUT2D eigenvalue weighted by Gasteiger charge is -2.25. The lowest BCUT2D eigenvalue weighted by atomic mass is 9.90. The predicted octanol–water partition coefficient (Wildman–Crippen LogP) is 4.62. The Kier molecular flexibility index (Phi) is 5.34. The third kappa shape index (κ3) is 4.07. The smallest absolute Gasteiger partial charge is 0.287 e. The van der Waals surface area contributed by atoms with Gasteiger partial charge in [-0.05, 0) is 44.4 Å². The zero-order valence-electron chi connectivity index (χ0n) is 18.4. The summed E-state index contributed by atoms with van der Waals surface area (Å²) in [4.78, 5) is 23.7. The van der Waals surface area contributed by atoms with Gasteiger partial charge in [-0.15, -0.1) is 0 Å². The predicted molar refractivity (Wildman–Crippen MR) is 115 cm³/mol. The highest BCUT2D eigenvalue weighted by molar-refractivity contribution is 6.00. The van der Waals surface area contributed by atoms with Gasteiger partial charge in [0.25, 0.3) is 17.7 Å². The number of hydrogen-bond donors (Lipinski definition) is 0. The third-order valence-corrected chi connectivity index (χ3v) is 6.43. The number of fused-ring (bicyclic) bond motifs is 2. The number of aromatic nitrogens is 3. The van der Waals surface area contributed by atoms with Crippen LogP contribution in [0.15, 0.2) is 47.0 Å². The van der Waals surface area contributed by atoms with Gasteiger partial charge in [-0.3, -0.25) is 4.79 Å². The minimum absolute atomic E-state index is 0.0239. The van der Waals surface area contributed by atoms with Gasteiger partial charge in [0, 0.05) is 31.0 Å². The Morgan fingerprint density at radius 1 is 1.18 bits per heavy atom. The SMILES string of the molecule is Cc1noc(-c2ccccc2C(=O)N2C3CCC2C(COc2cccc(C(C)(F)F)n2)C3)n1. The van der Waals surface area contributed by atoms with Crippen molar-refractivity contribution >= 4 is 5.91 Å². The summed E-state index contributed by atoms with van der Waals surface area (Å²) in [7, 11) is 0. The summed E-state index contributed by atoms with van der Waals surface area (Å²) in [5, 5.41) is 3.84. The third-order valence-electron chi connectivity index (χ3n) is 6.43. The van der Waals surface area contributed by atoms with Crippen LogP contribution in [0.25, 0.3) is 11.5 Å². The number of alkyl halides is 2. The van der Waals surface area contributed by atoms with Crippen molar-refractivity contribution in [2.75, 3.05) is 6.61 Å². The van der Waals surface area contributed by atoms with Crippen molar-refractivity contribution in [2.24, 2.45) is 5.92 Å². The molecule has 0 N–H and O–H groups in total. The number of carbonyl (C=O) groups is 1. The Bertz CT molecular complexity index is 1180. The van der Waals surface area contributed by atoms with E-state index in [1.54, 1.807) is 25.1 Å². The van der Waals surface area contributed by atoms with E-state index in [1.807, 2.05) is 17.0 Å². The van der Waals surface area contributed by atoms with E-state index in [0.717, 1.165) is 26.2 Å². The second-order valence-corrected chi connectivity index (χ2v) is 8.76. The van der Waals surface area contributed by atoms with Crippen molar-refractivity contribution in [2.45, 2.75) is 51.1 Å². The quantitative estimate of drug-likeness (QED) is 0.541. The van der Waals surface area contributed by atoms with E-state index in [9.17, 15) is 13.6 Å². The molecule has 0 saturated carbocycles. The number of aryl methyl sites for hydroxylation is 1. The van der Waals surface area contributed by atoms with Crippen molar-refractivity contribution in [3.8, 4) is 17.3 Å². The molecule has 2 saturated heterocycles. The van der Waals surface area contributed by atoms with Crippen LogP contribution >= 0.6 is 0 Å². The molecule has 2 bridgehead atoms. The van der Waals surface area contributed by atoms with E-state index in [2.05, 4.69) is 15.1 Å². The summed E-state index contributed by atoms with van der Waals surface area (Å²) in [6.07, 6.45) is 2.62. The zero-order chi connectivity index (χ0) is 23.2. The highest BCUT2D eigenvalue weighted by Crippen LogP contribution is 2.43. The summed E-state index contributed by atoms with van der Waals surface area (Å²) in [5.74, 6) is -1.99. The van der Waals surface area contributed by atoms with Gasteiger partial charge in [0.05, 0.1) is 17.7 Å². The van der Waals surface area contributed by atoms with Gasteiger partial charge in [-0.2, -0.15) is 13.8 Å². The van der Waals surface area contributed by atoms with Crippen LogP contribution in [0.5, 0.6) is 5.88 Å². The summed E-state index contributed by atoms with van der Waals surface area (Å²) >= 11 is 0. The fourth-order valence-electron chi connectivity index (χ4n) is 4.94. The van der Waals surface area contributed by atoms with Gasteiger partial charge in [0.1, 0.15) is 5.69 Å². The minimum Gasteiger partial charge on any atom is -0.477 e. The molecule has 5 rings (SSSR count). The van der Waals surface area contributed by atoms with Crippen LogP contribution in [0.4, 0.5) is 8.78 Å². The average Bonchev–Trinajstić information content (AvgIpc) is 3.51. The molecule has 2 aliphatic rings. The van der Waals surface area contributed by atoms with Crippen molar-refractivity contribution in [1.82, 2.24) is 20.0 Å². The standard InChI is InChI=1S/C24H24F2N4O3/c1-14-27-22(33-29-14)17-6-3-4-7-18(17)23(31)30-16-10-11-19(30)15(12-16)13-32-21-9-5-8-20(28-21)24(2,25)26/h3-9,15-16,19H,10-13H2,1-2H3. The van der Waals surface area contributed by atoms with Crippen molar-refractivity contribution < 1.29 is 22.8 Å². The first kappa shape index (κ1) is 21.5. The molecule has 2 aliphatic heterocycles. The highest BCUT2D eigenvalue weighted by Gasteiger charge is 2.49. The Hall–Kier alpha value is -3.36. The number of nitrogens with zero attached hydrogens (tertiary/aromatic N) is 4. The summed E-state index contributed by atoms with van der Waals surface area (Å²) in [6, 6.07) is 11.8. The van der Waals surface area contributed by atoms with Gasteiger partial charge in [0.15, 0.2) is 5.82 Å². The first-order valence-corrected chi connectivity index (χ1v) is 11.0. The fraction of sp³-hybridized carbons (Fsp3) is 0.417. The van der Waals surface area contributed by atoms with Gasteiger partial charge in [0.2, 0.25) is 5.88 Å². The first-order chi connectivity index (χ1) is 15.8. The van der Waals surface area contributed by atoms with E-state index in [1.165, 1.54) is 12.1 Å². The van der Waals surface area contributed by atoms with Crippen LogP contribution in [0.1, 0.15) is 48.1 Å². The largest absolute Gasteiger partial charge is 0.477 e. The normalized spacial score (nSPS) is 22.1. The molecule has 3 unspecified atom stereocenters. The van der Waals surface area contributed by atoms with Gasteiger partial charge in [-0.25, -0.2) is 4.98 Å². The molecule has 0 aliphatic carbocycles. The topological polar surface area (TPSA) is 81.4 Å². The van der Waals surface area contributed by atoms with Crippen LogP contribution in [0.3, 0.4) is 0 Å².